The Labute approximate surface area is 349 Å². The van der Waals surface area contributed by atoms with E-state index in [-0.39, 0.29) is 5.41 Å². The predicted octanol–water partition coefficient (Wildman–Crippen LogP) is 16.5. The van der Waals surface area contributed by atoms with Gasteiger partial charge >= 0.3 is 0 Å². The van der Waals surface area contributed by atoms with Gasteiger partial charge in [0.25, 0.3) is 0 Å². The fraction of sp³-hybridized carbons (Fsp3) is 0.0526. The highest BCUT2D eigenvalue weighted by Crippen LogP contribution is 2.47. The van der Waals surface area contributed by atoms with Crippen LogP contribution in [0.4, 0.5) is 17.1 Å². The normalized spacial score (nSPS) is 13.2. The SMILES string of the molecule is CC1(C)C(c2ccc(N(c3ccc(-c4ccc(-c5cccc6c5sc5ccccc56)cc4)cc3)c3ccc(-c4ccc5ccccc5c4)cc3)cc2)=Cc2ccccc21. The molecule has 0 aliphatic heterocycles. The van der Waals surface area contributed by atoms with Crippen LogP contribution in [0.1, 0.15) is 30.5 Å². The molecule has 0 fully saturated rings. The molecule has 0 N–H and O–H groups in total. The lowest BCUT2D eigenvalue weighted by Crippen LogP contribution is -2.16. The van der Waals surface area contributed by atoms with Crippen LogP contribution in [-0.2, 0) is 5.41 Å². The predicted molar refractivity (Wildman–Crippen MR) is 255 cm³/mol. The Balaban J connectivity index is 0.928. The van der Waals surface area contributed by atoms with Gasteiger partial charge in [0.15, 0.2) is 0 Å². The maximum absolute atomic E-state index is 2.37. The molecule has 0 radical (unpaired) electrons. The summed E-state index contributed by atoms with van der Waals surface area (Å²) in [4.78, 5) is 2.37. The van der Waals surface area contributed by atoms with E-state index in [0.29, 0.717) is 0 Å². The van der Waals surface area contributed by atoms with Crippen LogP contribution >= 0.6 is 11.3 Å². The van der Waals surface area contributed by atoms with E-state index in [1.165, 1.54) is 86.6 Å². The molecular formula is C57H41NS. The van der Waals surface area contributed by atoms with E-state index in [4.69, 9.17) is 0 Å². The van der Waals surface area contributed by atoms with Crippen LogP contribution in [-0.4, -0.2) is 0 Å². The topological polar surface area (TPSA) is 3.24 Å². The van der Waals surface area contributed by atoms with Crippen molar-refractivity contribution in [3.05, 3.63) is 223 Å². The molecule has 10 aromatic rings. The van der Waals surface area contributed by atoms with Crippen molar-refractivity contribution in [2.45, 2.75) is 19.3 Å². The lowest BCUT2D eigenvalue weighted by molar-refractivity contribution is 0.704. The molecule has 1 aliphatic carbocycles. The summed E-state index contributed by atoms with van der Waals surface area (Å²) in [6, 6.07) is 75.7. The number of nitrogens with zero attached hydrogens (tertiary/aromatic N) is 1. The molecule has 1 aliphatic rings. The van der Waals surface area contributed by atoms with Crippen LogP contribution in [0, 0.1) is 0 Å². The molecule has 2 heteroatoms. The van der Waals surface area contributed by atoms with Crippen molar-refractivity contribution in [2.24, 2.45) is 0 Å². The first kappa shape index (κ1) is 35.2. The van der Waals surface area contributed by atoms with Gasteiger partial charge in [-0.1, -0.05) is 172 Å². The van der Waals surface area contributed by atoms with Crippen LogP contribution in [0.2, 0.25) is 0 Å². The van der Waals surface area contributed by atoms with E-state index >= 15 is 0 Å². The molecule has 0 atom stereocenters. The van der Waals surface area contributed by atoms with Gasteiger partial charge in [-0.25, -0.2) is 0 Å². The largest absolute Gasteiger partial charge is 0.311 e. The van der Waals surface area contributed by atoms with Crippen LogP contribution in [0.3, 0.4) is 0 Å². The van der Waals surface area contributed by atoms with Gasteiger partial charge in [0.05, 0.1) is 0 Å². The van der Waals surface area contributed by atoms with Gasteiger partial charge in [-0.05, 0) is 121 Å². The molecule has 1 heterocycles. The number of hydrogen-bond acceptors (Lipinski definition) is 2. The van der Waals surface area contributed by atoms with Gasteiger partial charge in [-0.15, -0.1) is 11.3 Å². The van der Waals surface area contributed by atoms with Gasteiger partial charge < -0.3 is 4.90 Å². The van der Waals surface area contributed by atoms with Gasteiger partial charge in [-0.3, -0.25) is 0 Å². The molecule has 0 saturated carbocycles. The number of allylic oxidation sites excluding steroid dienone is 1. The maximum Gasteiger partial charge on any atom is 0.0462 e. The van der Waals surface area contributed by atoms with Gasteiger partial charge in [0.2, 0.25) is 0 Å². The minimum atomic E-state index is -0.0592. The highest BCUT2D eigenvalue weighted by molar-refractivity contribution is 7.26. The maximum atomic E-state index is 2.37. The Morgan fingerprint density at radius 2 is 0.932 bits per heavy atom. The number of rotatable bonds is 7. The van der Waals surface area contributed by atoms with E-state index in [0.717, 1.165) is 17.1 Å². The van der Waals surface area contributed by atoms with Crippen LogP contribution in [0.15, 0.2) is 206 Å². The number of thiophene rings is 1. The fourth-order valence-corrected chi connectivity index (χ4v) is 10.4. The molecule has 0 saturated heterocycles. The minimum absolute atomic E-state index is 0.0592. The Bertz CT molecular complexity index is 3200. The zero-order chi connectivity index (χ0) is 39.5. The number of anilines is 3. The lowest BCUT2D eigenvalue weighted by Gasteiger charge is -2.28. The third-order valence-corrected chi connectivity index (χ3v) is 13.5. The van der Waals surface area contributed by atoms with E-state index in [1.54, 1.807) is 0 Å². The molecule has 280 valence electrons. The standard InChI is InChI=1S/C57H41NS/c1-57(2)53-16-7-5-12-46(53)37-54(57)43-28-34-49(35-29-43)58(48-32-26-41(27-33-48)45-23-20-38-10-3-4-11-44(38)36-45)47-30-24-40(25-31-47)39-18-21-42(22-19-39)50-14-9-15-52-51-13-6-8-17-55(51)59-56(50)52/h3-37H,1-2H3. The summed E-state index contributed by atoms with van der Waals surface area (Å²) < 4.78 is 2.68. The summed E-state index contributed by atoms with van der Waals surface area (Å²) in [6.07, 6.45) is 2.36. The summed E-state index contributed by atoms with van der Waals surface area (Å²) in [5.74, 6) is 0. The molecule has 1 aromatic heterocycles. The molecule has 1 nitrogen and oxygen atoms in total. The zero-order valence-electron chi connectivity index (χ0n) is 33.1. The minimum Gasteiger partial charge on any atom is -0.311 e. The second-order valence-electron chi connectivity index (χ2n) is 16.2. The molecule has 59 heavy (non-hydrogen) atoms. The smallest absolute Gasteiger partial charge is 0.0462 e. The molecule has 0 amide bonds. The molecule has 0 unspecified atom stereocenters. The second kappa shape index (κ2) is 14.1. The van der Waals surface area contributed by atoms with Crippen molar-refractivity contribution in [3.8, 4) is 33.4 Å². The Hall–Kier alpha value is -7.00. The van der Waals surface area contributed by atoms with Gasteiger partial charge in [-0.2, -0.15) is 0 Å². The zero-order valence-corrected chi connectivity index (χ0v) is 33.9. The van der Waals surface area contributed by atoms with Crippen molar-refractivity contribution in [2.75, 3.05) is 4.90 Å². The average molecular weight is 772 g/mol. The number of benzene rings is 9. The van der Waals surface area contributed by atoms with Crippen LogP contribution in [0.25, 0.3) is 76.0 Å². The van der Waals surface area contributed by atoms with E-state index in [1.807, 2.05) is 11.3 Å². The monoisotopic (exact) mass is 771 g/mol. The summed E-state index contributed by atoms with van der Waals surface area (Å²) in [5, 5.41) is 5.17. The van der Waals surface area contributed by atoms with Crippen molar-refractivity contribution < 1.29 is 0 Å². The first-order valence-electron chi connectivity index (χ1n) is 20.4. The first-order chi connectivity index (χ1) is 29.0. The van der Waals surface area contributed by atoms with Crippen molar-refractivity contribution >= 4 is 71.0 Å². The summed E-state index contributed by atoms with van der Waals surface area (Å²) in [6.45, 7) is 4.67. The summed E-state index contributed by atoms with van der Waals surface area (Å²) >= 11 is 1.88. The van der Waals surface area contributed by atoms with Gasteiger partial charge in [0, 0.05) is 42.6 Å². The van der Waals surface area contributed by atoms with Crippen LogP contribution < -0.4 is 4.90 Å². The quantitative estimate of drug-likeness (QED) is 0.156. The van der Waals surface area contributed by atoms with Crippen LogP contribution in [0.5, 0.6) is 0 Å². The fourth-order valence-electron chi connectivity index (χ4n) is 9.15. The molecular weight excluding hydrogens is 731 g/mol. The van der Waals surface area contributed by atoms with E-state index < -0.39 is 0 Å². The highest BCUT2D eigenvalue weighted by atomic mass is 32.1. The molecule has 11 rings (SSSR count). The summed E-state index contributed by atoms with van der Waals surface area (Å²) in [7, 11) is 0. The molecule has 0 bridgehead atoms. The van der Waals surface area contributed by atoms with Crippen molar-refractivity contribution in [1.82, 2.24) is 0 Å². The Morgan fingerprint density at radius 3 is 1.63 bits per heavy atom. The lowest BCUT2D eigenvalue weighted by atomic mass is 9.78. The molecule has 9 aromatic carbocycles. The second-order valence-corrected chi connectivity index (χ2v) is 17.2. The Morgan fingerprint density at radius 1 is 0.407 bits per heavy atom. The molecule has 0 spiro atoms. The Kier molecular flexibility index (Phi) is 8.43. The number of hydrogen-bond donors (Lipinski definition) is 0. The highest BCUT2D eigenvalue weighted by Gasteiger charge is 2.33. The third kappa shape index (κ3) is 6.16. The average Bonchev–Trinajstić information content (AvgIpc) is 3.81. The summed E-state index contributed by atoms with van der Waals surface area (Å²) in [5.41, 5.74) is 15.9. The number of fused-ring (bicyclic) bond motifs is 5. The third-order valence-electron chi connectivity index (χ3n) is 12.3. The van der Waals surface area contributed by atoms with Gasteiger partial charge in [0.1, 0.15) is 0 Å². The first-order valence-corrected chi connectivity index (χ1v) is 21.2. The van der Waals surface area contributed by atoms with Crippen molar-refractivity contribution in [1.29, 1.82) is 0 Å². The van der Waals surface area contributed by atoms with E-state index in [2.05, 4.69) is 231 Å². The van der Waals surface area contributed by atoms with E-state index in [9.17, 15) is 0 Å². The van der Waals surface area contributed by atoms with Crippen molar-refractivity contribution in [3.63, 3.8) is 0 Å².